The summed E-state index contributed by atoms with van der Waals surface area (Å²) in [6.45, 7) is 3.96. The van der Waals surface area contributed by atoms with Crippen LogP contribution in [0.4, 0.5) is 4.39 Å². The number of hydrogen-bond acceptors (Lipinski definition) is 4. The van der Waals surface area contributed by atoms with E-state index < -0.39 is 12.1 Å². The maximum Gasteiger partial charge on any atom is 0.334 e. The number of ether oxygens (including phenoxy) is 1. The van der Waals surface area contributed by atoms with Gasteiger partial charge in [0.1, 0.15) is 5.82 Å². The van der Waals surface area contributed by atoms with E-state index in [1.54, 1.807) is 30.7 Å². The summed E-state index contributed by atoms with van der Waals surface area (Å²) < 4.78 is 19.8. The molecule has 1 N–H and O–H groups in total. The SMILES string of the molecule is Cc1nn(-c2ccc(F)cc2)c(C)c1C(=O)N1CCOC(C(=O)O)C1. The second-order valence-electron chi connectivity index (χ2n) is 5.88. The van der Waals surface area contributed by atoms with Crippen LogP contribution < -0.4 is 0 Å². The molecule has 0 radical (unpaired) electrons. The zero-order chi connectivity index (χ0) is 18.1. The van der Waals surface area contributed by atoms with Crippen molar-refractivity contribution < 1.29 is 23.8 Å². The number of amides is 1. The molecule has 25 heavy (non-hydrogen) atoms. The summed E-state index contributed by atoms with van der Waals surface area (Å²) in [6, 6.07) is 5.82. The fraction of sp³-hybridized carbons (Fsp3) is 0.353. The molecule has 1 amide bonds. The van der Waals surface area contributed by atoms with E-state index in [9.17, 15) is 14.0 Å². The molecule has 1 aromatic carbocycles. The van der Waals surface area contributed by atoms with E-state index in [0.29, 0.717) is 29.2 Å². The van der Waals surface area contributed by atoms with Crippen molar-refractivity contribution in [3.63, 3.8) is 0 Å². The van der Waals surface area contributed by atoms with Crippen LogP contribution in [-0.4, -0.2) is 57.5 Å². The number of carboxylic acids is 1. The van der Waals surface area contributed by atoms with E-state index in [1.165, 1.54) is 17.0 Å². The minimum atomic E-state index is -1.09. The minimum Gasteiger partial charge on any atom is -0.479 e. The van der Waals surface area contributed by atoms with Crippen molar-refractivity contribution in [2.75, 3.05) is 19.7 Å². The highest BCUT2D eigenvalue weighted by molar-refractivity contribution is 5.97. The lowest BCUT2D eigenvalue weighted by Crippen LogP contribution is -2.48. The average Bonchev–Trinajstić information content (AvgIpc) is 2.89. The smallest absolute Gasteiger partial charge is 0.334 e. The molecule has 2 heterocycles. The lowest BCUT2D eigenvalue weighted by molar-refractivity contribution is -0.154. The Hall–Kier alpha value is -2.74. The third kappa shape index (κ3) is 3.25. The van der Waals surface area contributed by atoms with Crippen molar-refractivity contribution >= 4 is 11.9 Å². The van der Waals surface area contributed by atoms with Crippen molar-refractivity contribution in [2.24, 2.45) is 0 Å². The van der Waals surface area contributed by atoms with Crippen molar-refractivity contribution in [2.45, 2.75) is 20.0 Å². The molecule has 1 fully saturated rings. The van der Waals surface area contributed by atoms with Crippen LogP contribution in [0.1, 0.15) is 21.7 Å². The highest BCUT2D eigenvalue weighted by atomic mass is 19.1. The molecule has 1 aliphatic heterocycles. The molecule has 1 atom stereocenters. The molecule has 3 rings (SSSR count). The van der Waals surface area contributed by atoms with E-state index >= 15 is 0 Å². The monoisotopic (exact) mass is 347 g/mol. The number of morpholine rings is 1. The van der Waals surface area contributed by atoms with E-state index in [0.717, 1.165) is 0 Å². The van der Waals surface area contributed by atoms with Crippen molar-refractivity contribution in [1.82, 2.24) is 14.7 Å². The standard InChI is InChI=1S/C17H18FN3O4/c1-10-15(16(22)20-7-8-25-14(9-20)17(23)24)11(2)21(19-10)13-5-3-12(18)4-6-13/h3-6,14H,7-9H2,1-2H3,(H,23,24). The normalized spacial score (nSPS) is 17.6. The molecule has 1 unspecified atom stereocenters. The van der Waals surface area contributed by atoms with Gasteiger partial charge in [0.25, 0.3) is 5.91 Å². The fourth-order valence-corrected chi connectivity index (χ4v) is 2.93. The molecular formula is C17H18FN3O4. The van der Waals surface area contributed by atoms with Crippen LogP contribution in [0.5, 0.6) is 0 Å². The molecule has 0 aliphatic carbocycles. The number of benzene rings is 1. The summed E-state index contributed by atoms with van der Waals surface area (Å²) in [5.41, 5.74) is 2.22. The lowest BCUT2D eigenvalue weighted by atomic mass is 10.1. The molecule has 0 saturated carbocycles. The maximum absolute atomic E-state index is 13.1. The van der Waals surface area contributed by atoms with Gasteiger partial charge in [0, 0.05) is 6.54 Å². The van der Waals surface area contributed by atoms with Gasteiger partial charge in [0.15, 0.2) is 6.10 Å². The van der Waals surface area contributed by atoms with Crippen LogP contribution >= 0.6 is 0 Å². The van der Waals surface area contributed by atoms with Gasteiger partial charge in [-0.3, -0.25) is 4.79 Å². The van der Waals surface area contributed by atoms with Gasteiger partial charge in [-0.2, -0.15) is 5.10 Å². The Morgan fingerprint density at radius 1 is 1.28 bits per heavy atom. The summed E-state index contributed by atoms with van der Waals surface area (Å²) in [6.07, 6.45) is -1.02. The predicted molar refractivity (Wildman–Crippen MR) is 86.3 cm³/mol. The largest absolute Gasteiger partial charge is 0.479 e. The Kier molecular flexibility index (Phi) is 4.54. The van der Waals surface area contributed by atoms with Gasteiger partial charge < -0.3 is 14.7 Å². The first-order chi connectivity index (χ1) is 11.9. The quantitative estimate of drug-likeness (QED) is 0.911. The summed E-state index contributed by atoms with van der Waals surface area (Å²) >= 11 is 0. The Balaban J connectivity index is 1.91. The Bertz CT molecular complexity index is 816. The van der Waals surface area contributed by atoms with Gasteiger partial charge in [-0.25, -0.2) is 13.9 Å². The first-order valence-corrected chi connectivity index (χ1v) is 7.84. The van der Waals surface area contributed by atoms with Crippen LogP contribution in [0.15, 0.2) is 24.3 Å². The van der Waals surface area contributed by atoms with Crippen molar-refractivity contribution in [3.05, 3.63) is 47.0 Å². The molecular weight excluding hydrogens is 329 g/mol. The highest BCUT2D eigenvalue weighted by Gasteiger charge is 2.32. The number of hydrogen-bond donors (Lipinski definition) is 1. The van der Waals surface area contributed by atoms with Gasteiger partial charge in [-0.1, -0.05) is 0 Å². The molecule has 1 aliphatic rings. The van der Waals surface area contributed by atoms with Crippen LogP contribution in [0.2, 0.25) is 0 Å². The average molecular weight is 347 g/mol. The third-order valence-corrected chi connectivity index (χ3v) is 4.21. The molecule has 132 valence electrons. The first-order valence-electron chi connectivity index (χ1n) is 7.84. The minimum absolute atomic E-state index is 0.00518. The number of carbonyl (C=O) groups excluding carboxylic acids is 1. The second-order valence-corrected chi connectivity index (χ2v) is 5.88. The zero-order valence-electron chi connectivity index (χ0n) is 13.9. The number of nitrogens with zero attached hydrogens (tertiary/aromatic N) is 3. The number of halogens is 1. The number of rotatable bonds is 3. The van der Waals surface area contributed by atoms with Gasteiger partial charge in [0.2, 0.25) is 0 Å². The summed E-state index contributed by atoms with van der Waals surface area (Å²) in [7, 11) is 0. The number of aryl methyl sites for hydroxylation is 1. The Morgan fingerprint density at radius 3 is 2.60 bits per heavy atom. The predicted octanol–water partition coefficient (Wildman–Crippen LogP) is 1.55. The molecule has 1 saturated heterocycles. The maximum atomic E-state index is 13.1. The molecule has 1 aromatic heterocycles. The van der Waals surface area contributed by atoms with Crippen molar-refractivity contribution in [1.29, 1.82) is 0 Å². The number of carbonyl (C=O) groups is 2. The van der Waals surface area contributed by atoms with E-state index in [4.69, 9.17) is 9.84 Å². The van der Waals surface area contributed by atoms with Gasteiger partial charge in [-0.15, -0.1) is 0 Å². The van der Waals surface area contributed by atoms with Crippen LogP contribution in [0.3, 0.4) is 0 Å². The topological polar surface area (TPSA) is 84.7 Å². The molecule has 0 bridgehead atoms. The molecule has 8 heteroatoms. The third-order valence-electron chi connectivity index (χ3n) is 4.21. The lowest BCUT2D eigenvalue weighted by Gasteiger charge is -2.31. The van der Waals surface area contributed by atoms with Crippen LogP contribution in [0, 0.1) is 19.7 Å². The number of aliphatic carboxylic acids is 1. The number of aromatic nitrogens is 2. The molecule has 7 nitrogen and oxygen atoms in total. The van der Waals surface area contributed by atoms with Crippen LogP contribution in [-0.2, 0) is 9.53 Å². The second kappa shape index (κ2) is 6.64. The fourth-order valence-electron chi connectivity index (χ4n) is 2.93. The van der Waals surface area contributed by atoms with E-state index in [2.05, 4.69) is 5.10 Å². The molecule has 2 aromatic rings. The highest BCUT2D eigenvalue weighted by Crippen LogP contribution is 2.21. The zero-order valence-corrected chi connectivity index (χ0v) is 13.9. The van der Waals surface area contributed by atoms with Gasteiger partial charge >= 0.3 is 5.97 Å². The van der Waals surface area contributed by atoms with Gasteiger partial charge in [-0.05, 0) is 38.1 Å². The number of carboxylic acid groups (broad SMARTS) is 1. The van der Waals surface area contributed by atoms with E-state index in [1.807, 2.05) is 0 Å². The summed E-state index contributed by atoms with van der Waals surface area (Å²) in [5, 5.41) is 13.5. The van der Waals surface area contributed by atoms with Crippen LogP contribution in [0.25, 0.3) is 5.69 Å². The van der Waals surface area contributed by atoms with Gasteiger partial charge in [0.05, 0.1) is 35.8 Å². The summed E-state index contributed by atoms with van der Waals surface area (Å²) in [4.78, 5) is 25.4. The Morgan fingerprint density at radius 2 is 1.96 bits per heavy atom. The Labute approximate surface area is 143 Å². The molecule has 0 spiro atoms. The van der Waals surface area contributed by atoms with Crippen molar-refractivity contribution in [3.8, 4) is 5.69 Å². The summed E-state index contributed by atoms with van der Waals surface area (Å²) in [5.74, 6) is -1.72. The van der Waals surface area contributed by atoms with E-state index in [-0.39, 0.29) is 24.9 Å². The first kappa shape index (κ1) is 17.1.